The molecule has 4 heavy (non-hydrogen) atoms. The van der Waals surface area contributed by atoms with Crippen molar-refractivity contribution < 1.29 is 25.8 Å². The molecule has 0 aromatic heterocycles. The first kappa shape index (κ1) is 28.4. The van der Waals surface area contributed by atoms with Crippen molar-refractivity contribution in [3.63, 3.8) is 0 Å². The van der Waals surface area contributed by atoms with Crippen LogP contribution in [-0.2, 0) is 25.8 Å². The van der Waals surface area contributed by atoms with Gasteiger partial charge in [0.25, 0.3) is 0 Å². The zero-order chi connectivity index (χ0) is 0. The summed E-state index contributed by atoms with van der Waals surface area (Å²) in [5, 5.41) is 0. The molecule has 0 N–H and O–H groups in total. The number of halogens is 2. The fourth-order valence-electron chi connectivity index (χ4n) is 0. The first-order valence-corrected chi connectivity index (χ1v) is 0. The van der Waals surface area contributed by atoms with Crippen LogP contribution >= 0.6 is 48.0 Å². The van der Waals surface area contributed by atoms with Gasteiger partial charge in [-0.3, -0.25) is 0 Å². The van der Waals surface area contributed by atoms with Crippen LogP contribution in [0.3, 0.4) is 0 Å². The van der Waals surface area contributed by atoms with E-state index >= 15 is 0 Å². The first-order valence-electron chi connectivity index (χ1n) is 0. The van der Waals surface area contributed by atoms with Gasteiger partial charge in [-0.05, 0) is 0 Å². The molecular formula is H3I2LiSc. The number of hydrogen-bond acceptors (Lipinski definition) is 0. The summed E-state index contributed by atoms with van der Waals surface area (Å²) in [6.45, 7) is 0. The first-order chi connectivity index (χ1) is 0. The van der Waals surface area contributed by atoms with Gasteiger partial charge in [-0.15, -0.1) is 48.0 Å². The molecular weight excluding hydrogens is 306 g/mol. The molecule has 0 aliphatic carbocycles. The number of hydrogen-bond donors (Lipinski definition) is 0. The Morgan fingerprint density at radius 2 is 0.750 bits per heavy atom. The van der Waals surface area contributed by atoms with Gasteiger partial charge in [0.15, 0.2) is 0 Å². The molecule has 4 heteroatoms. The van der Waals surface area contributed by atoms with Gasteiger partial charge in [0.2, 0.25) is 0 Å². The van der Waals surface area contributed by atoms with Gasteiger partial charge in [0, 0.05) is 25.8 Å². The maximum Gasteiger partial charge on any atom is 0 e. The van der Waals surface area contributed by atoms with E-state index in [0.29, 0.717) is 0 Å². The Morgan fingerprint density at radius 3 is 0.750 bits per heavy atom. The minimum absolute atomic E-state index is 0. The second-order valence-corrected chi connectivity index (χ2v) is 0. The predicted molar refractivity (Wildman–Crippen MR) is 38.0 cm³/mol. The summed E-state index contributed by atoms with van der Waals surface area (Å²) < 4.78 is 0. The van der Waals surface area contributed by atoms with Gasteiger partial charge in [-0.2, -0.15) is 0 Å². The monoisotopic (exact) mass is 309 g/mol. The largest absolute Gasteiger partial charge is 0 e. The zero-order valence-electron chi connectivity index (χ0n) is 1.39. The van der Waals surface area contributed by atoms with Crippen LogP contribution in [0.2, 0.25) is 0 Å². The van der Waals surface area contributed by atoms with Crippen molar-refractivity contribution in [1.82, 2.24) is 0 Å². The predicted octanol–water partition coefficient (Wildman–Crippen LogP) is 0.585. The van der Waals surface area contributed by atoms with E-state index in [1.807, 2.05) is 0 Å². The Kier molecular flexibility index (Phi) is 119. The van der Waals surface area contributed by atoms with Crippen molar-refractivity contribution in [2.24, 2.45) is 0 Å². The van der Waals surface area contributed by atoms with Crippen molar-refractivity contribution in [3.05, 3.63) is 0 Å². The van der Waals surface area contributed by atoms with Gasteiger partial charge >= 0.3 is 18.9 Å². The molecule has 0 fully saturated rings. The van der Waals surface area contributed by atoms with Crippen LogP contribution in [0.15, 0.2) is 0 Å². The van der Waals surface area contributed by atoms with Crippen LogP contribution in [0.25, 0.3) is 0 Å². The molecule has 0 bridgehead atoms. The standard InChI is InChI=1S/2HI.Li.Sc.H/h2*1H;;;. The summed E-state index contributed by atoms with van der Waals surface area (Å²) in [7, 11) is 0. The summed E-state index contributed by atoms with van der Waals surface area (Å²) in [4.78, 5) is 0. The van der Waals surface area contributed by atoms with Gasteiger partial charge < -0.3 is 0 Å². The third kappa shape index (κ3) is 8.87. The second-order valence-electron chi connectivity index (χ2n) is 0. The molecule has 0 rings (SSSR count). The smallest absolute Gasteiger partial charge is 0 e. The molecule has 0 atom stereocenters. The van der Waals surface area contributed by atoms with Crippen LogP contribution in [0.5, 0.6) is 0 Å². The van der Waals surface area contributed by atoms with Crippen LogP contribution in [0.4, 0.5) is 0 Å². The Bertz CT molecular complexity index is 6.00. The summed E-state index contributed by atoms with van der Waals surface area (Å²) in [6.07, 6.45) is 0. The molecule has 0 unspecified atom stereocenters. The summed E-state index contributed by atoms with van der Waals surface area (Å²) in [5.41, 5.74) is 0. The fourth-order valence-corrected chi connectivity index (χ4v) is 0. The maximum atomic E-state index is 0. The topological polar surface area (TPSA) is 0 Å². The summed E-state index contributed by atoms with van der Waals surface area (Å²) >= 11 is 0. The molecule has 21 valence electrons. The van der Waals surface area contributed by atoms with Crippen LogP contribution in [0, 0.1) is 0 Å². The van der Waals surface area contributed by atoms with Crippen molar-refractivity contribution in [3.8, 4) is 0 Å². The Morgan fingerprint density at radius 1 is 0.750 bits per heavy atom. The Hall–Kier alpha value is 2.93. The molecule has 0 aliphatic heterocycles. The fraction of sp³-hybridized carbons (Fsp3) is 0. The molecule has 1 radical (unpaired) electrons. The molecule has 0 heterocycles. The Labute approximate surface area is 90.9 Å². The molecule has 0 aliphatic rings. The SMILES string of the molecule is I.I.[LiH].[Sc]. The van der Waals surface area contributed by atoms with Crippen molar-refractivity contribution in [2.45, 2.75) is 0 Å². The van der Waals surface area contributed by atoms with Gasteiger partial charge in [0.1, 0.15) is 0 Å². The molecule has 0 aromatic carbocycles. The average Bonchev–Trinajstić information content (AvgIpc) is 0. The minimum Gasteiger partial charge on any atom is 0 e. The van der Waals surface area contributed by atoms with E-state index in [9.17, 15) is 0 Å². The molecule has 0 spiro atoms. The van der Waals surface area contributed by atoms with Gasteiger partial charge in [-0.1, -0.05) is 0 Å². The van der Waals surface area contributed by atoms with E-state index < -0.39 is 0 Å². The van der Waals surface area contributed by atoms with E-state index in [1.165, 1.54) is 0 Å². The molecule has 0 nitrogen and oxygen atoms in total. The average molecular weight is 309 g/mol. The Balaban J connectivity index is 0. The van der Waals surface area contributed by atoms with Crippen molar-refractivity contribution in [2.75, 3.05) is 0 Å². The zero-order valence-corrected chi connectivity index (χ0v) is 7.86. The summed E-state index contributed by atoms with van der Waals surface area (Å²) in [5.74, 6) is 0. The van der Waals surface area contributed by atoms with E-state index in [1.54, 1.807) is 0 Å². The van der Waals surface area contributed by atoms with Crippen LogP contribution < -0.4 is 0 Å². The third-order valence-electron chi connectivity index (χ3n) is 0. The van der Waals surface area contributed by atoms with E-state index in [2.05, 4.69) is 0 Å². The summed E-state index contributed by atoms with van der Waals surface area (Å²) in [6, 6.07) is 0. The van der Waals surface area contributed by atoms with Crippen molar-refractivity contribution in [1.29, 1.82) is 0 Å². The number of rotatable bonds is 0. The normalized spacial score (nSPS) is 0. The molecule has 0 amide bonds. The van der Waals surface area contributed by atoms with Crippen LogP contribution in [-0.4, -0.2) is 18.9 Å². The second kappa shape index (κ2) is 16.8. The van der Waals surface area contributed by atoms with Gasteiger partial charge in [0.05, 0.1) is 0 Å². The van der Waals surface area contributed by atoms with Crippen LogP contribution in [0.1, 0.15) is 0 Å². The van der Waals surface area contributed by atoms with E-state index in [4.69, 9.17) is 0 Å². The minimum atomic E-state index is 0. The van der Waals surface area contributed by atoms with Crippen molar-refractivity contribution >= 4 is 66.8 Å². The van der Waals surface area contributed by atoms with E-state index in [-0.39, 0.29) is 92.7 Å². The maximum absolute atomic E-state index is 0. The molecule has 0 saturated carbocycles. The van der Waals surface area contributed by atoms with Gasteiger partial charge in [-0.25, -0.2) is 0 Å². The third-order valence-corrected chi connectivity index (χ3v) is 0. The molecule has 0 saturated heterocycles. The van der Waals surface area contributed by atoms with E-state index in [0.717, 1.165) is 0 Å². The quantitative estimate of drug-likeness (QED) is 0.454. The molecule has 0 aromatic rings.